The Labute approximate surface area is 152 Å². The van der Waals surface area contributed by atoms with Crippen LogP contribution in [0.25, 0.3) is 0 Å². The summed E-state index contributed by atoms with van der Waals surface area (Å²) in [5.74, 6) is 0.114. The molecule has 0 bridgehead atoms. The lowest BCUT2D eigenvalue weighted by Gasteiger charge is -2.28. The van der Waals surface area contributed by atoms with Crippen LogP contribution in [-0.4, -0.2) is 29.1 Å². The molecule has 1 aliphatic heterocycles. The molecule has 0 atom stereocenters. The molecule has 1 N–H and O–H groups in total. The molecular weight excluding hydrogens is 384 g/mol. The van der Waals surface area contributed by atoms with Crippen molar-refractivity contribution in [1.82, 2.24) is 0 Å². The Balaban J connectivity index is 1.84. The lowest BCUT2D eigenvalue weighted by Crippen LogP contribution is -2.37. The van der Waals surface area contributed by atoms with Crippen LogP contribution in [0.3, 0.4) is 0 Å². The van der Waals surface area contributed by atoms with Gasteiger partial charge in [0, 0.05) is 11.6 Å². The lowest BCUT2D eigenvalue weighted by molar-refractivity contribution is 0.574. The molecule has 0 radical (unpaired) electrons. The molecule has 6 nitrogen and oxygen atoms in total. The van der Waals surface area contributed by atoms with Gasteiger partial charge < -0.3 is 0 Å². The van der Waals surface area contributed by atoms with Crippen LogP contribution in [0, 0.1) is 0 Å². The highest BCUT2D eigenvalue weighted by Gasteiger charge is 2.26. The highest BCUT2D eigenvalue weighted by molar-refractivity contribution is 7.93. The van der Waals surface area contributed by atoms with E-state index in [1.807, 2.05) is 0 Å². The first-order valence-corrected chi connectivity index (χ1v) is 11.1. The zero-order chi connectivity index (χ0) is 18.1. The van der Waals surface area contributed by atoms with Crippen LogP contribution in [0.2, 0.25) is 5.02 Å². The van der Waals surface area contributed by atoms with Gasteiger partial charge in [-0.05, 0) is 55.3 Å². The fraction of sp³-hybridized carbons (Fsp3) is 0.250. The minimum atomic E-state index is -3.78. The molecule has 0 saturated carbocycles. The zero-order valence-electron chi connectivity index (χ0n) is 13.2. The highest BCUT2D eigenvalue weighted by atomic mass is 35.5. The molecule has 0 spiro atoms. The van der Waals surface area contributed by atoms with Gasteiger partial charge in [-0.3, -0.25) is 9.03 Å². The van der Waals surface area contributed by atoms with Gasteiger partial charge in [0.1, 0.15) is 0 Å². The normalized spacial score (nSPS) is 17.2. The number of hydrogen-bond acceptors (Lipinski definition) is 4. The third-order valence-corrected chi connectivity index (χ3v) is 7.36. The molecule has 0 aliphatic carbocycles. The van der Waals surface area contributed by atoms with Gasteiger partial charge in [0.25, 0.3) is 10.0 Å². The summed E-state index contributed by atoms with van der Waals surface area (Å²) in [4.78, 5) is 0.0469. The van der Waals surface area contributed by atoms with E-state index in [1.165, 1.54) is 34.6 Å². The van der Waals surface area contributed by atoms with Gasteiger partial charge in [0.2, 0.25) is 10.0 Å². The molecule has 1 saturated heterocycles. The van der Waals surface area contributed by atoms with Crippen molar-refractivity contribution in [3.05, 3.63) is 53.6 Å². The Kier molecular flexibility index (Phi) is 4.95. The molecular formula is C16H17ClN2O4S2. The van der Waals surface area contributed by atoms with Crippen molar-refractivity contribution in [3.63, 3.8) is 0 Å². The van der Waals surface area contributed by atoms with E-state index in [0.29, 0.717) is 29.4 Å². The van der Waals surface area contributed by atoms with Crippen molar-refractivity contribution >= 4 is 43.0 Å². The Morgan fingerprint density at radius 3 is 2.40 bits per heavy atom. The number of nitrogens with zero attached hydrogens (tertiary/aromatic N) is 1. The fourth-order valence-electron chi connectivity index (χ4n) is 2.64. The summed E-state index contributed by atoms with van der Waals surface area (Å²) in [6.07, 6.45) is 1.43. The second kappa shape index (κ2) is 6.86. The van der Waals surface area contributed by atoms with Crippen molar-refractivity contribution in [3.8, 4) is 0 Å². The number of nitrogens with one attached hydrogen (secondary N) is 1. The maximum Gasteiger partial charge on any atom is 0.261 e. The third kappa shape index (κ3) is 4.08. The Bertz CT molecular complexity index is 973. The van der Waals surface area contributed by atoms with Gasteiger partial charge in [0.15, 0.2) is 0 Å². The maximum absolute atomic E-state index is 12.4. The highest BCUT2D eigenvalue weighted by Crippen LogP contribution is 2.26. The van der Waals surface area contributed by atoms with Crippen molar-refractivity contribution < 1.29 is 16.8 Å². The van der Waals surface area contributed by atoms with Crippen molar-refractivity contribution in [1.29, 1.82) is 0 Å². The minimum Gasteiger partial charge on any atom is -0.280 e. The van der Waals surface area contributed by atoms with E-state index in [0.717, 1.165) is 6.42 Å². The molecule has 1 aliphatic rings. The maximum atomic E-state index is 12.4. The van der Waals surface area contributed by atoms with Gasteiger partial charge in [-0.25, -0.2) is 16.8 Å². The van der Waals surface area contributed by atoms with Crippen LogP contribution in [0.4, 0.5) is 11.4 Å². The first-order chi connectivity index (χ1) is 11.8. The summed E-state index contributed by atoms with van der Waals surface area (Å²) in [7, 11) is -7.11. The van der Waals surface area contributed by atoms with Gasteiger partial charge in [-0.1, -0.05) is 17.7 Å². The van der Waals surface area contributed by atoms with Crippen LogP contribution in [0.15, 0.2) is 53.4 Å². The van der Waals surface area contributed by atoms with Crippen molar-refractivity contribution in [2.45, 2.75) is 17.7 Å². The molecule has 0 aromatic heterocycles. The average Bonchev–Trinajstić information content (AvgIpc) is 2.54. The van der Waals surface area contributed by atoms with Crippen LogP contribution < -0.4 is 9.03 Å². The first kappa shape index (κ1) is 18.0. The molecule has 0 amide bonds. The molecule has 2 aromatic carbocycles. The smallest absolute Gasteiger partial charge is 0.261 e. The molecule has 1 fully saturated rings. The number of sulfonamides is 2. The minimum absolute atomic E-state index is 0.0469. The Hall–Kier alpha value is -1.77. The second-order valence-corrected chi connectivity index (χ2v) is 9.84. The molecule has 0 unspecified atom stereocenters. The quantitative estimate of drug-likeness (QED) is 0.854. The number of halogens is 1. The monoisotopic (exact) mass is 400 g/mol. The molecule has 3 rings (SSSR count). The number of hydrogen-bond donors (Lipinski definition) is 1. The number of anilines is 2. The summed E-state index contributed by atoms with van der Waals surface area (Å²) in [6.45, 7) is 0.412. The Morgan fingerprint density at radius 1 is 1.04 bits per heavy atom. The summed E-state index contributed by atoms with van der Waals surface area (Å²) >= 11 is 5.86. The fourth-order valence-corrected chi connectivity index (χ4v) is 5.52. The second-order valence-electron chi connectivity index (χ2n) is 5.70. The summed E-state index contributed by atoms with van der Waals surface area (Å²) < 4.78 is 52.9. The molecule has 2 aromatic rings. The largest absolute Gasteiger partial charge is 0.280 e. The first-order valence-electron chi connectivity index (χ1n) is 7.67. The lowest BCUT2D eigenvalue weighted by atomic mass is 10.3. The zero-order valence-corrected chi connectivity index (χ0v) is 15.6. The van der Waals surface area contributed by atoms with E-state index in [2.05, 4.69) is 4.72 Å². The predicted octanol–water partition coefficient (Wildman–Crippen LogP) is 3.07. The van der Waals surface area contributed by atoms with Gasteiger partial charge in [-0.15, -0.1) is 0 Å². The van der Waals surface area contributed by atoms with E-state index in [9.17, 15) is 16.8 Å². The van der Waals surface area contributed by atoms with Crippen LogP contribution in [-0.2, 0) is 20.0 Å². The van der Waals surface area contributed by atoms with Gasteiger partial charge in [0.05, 0.1) is 22.0 Å². The van der Waals surface area contributed by atoms with E-state index < -0.39 is 20.0 Å². The predicted molar refractivity (Wildman–Crippen MR) is 99.1 cm³/mol. The van der Waals surface area contributed by atoms with Crippen molar-refractivity contribution in [2.24, 2.45) is 0 Å². The summed E-state index contributed by atoms with van der Waals surface area (Å²) in [6, 6.07) is 12.2. The van der Waals surface area contributed by atoms with E-state index in [4.69, 9.17) is 11.6 Å². The van der Waals surface area contributed by atoms with E-state index >= 15 is 0 Å². The van der Waals surface area contributed by atoms with Crippen LogP contribution in [0.5, 0.6) is 0 Å². The third-order valence-electron chi connectivity index (χ3n) is 3.86. The molecule has 9 heteroatoms. The van der Waals surface area contributed by atoms with Crippen LogP contribution in [0.1, 0.15) is 12.8 Å². The number of benzene rings is 2. The average molecular weight is 401 g/mol. The SMILES string of the molecule is O=S(=O)(Nc1cccc(Cl)c1)c1ccc(N2CCCCS2(=O)=O)cc1. The number of rotatable bonds is 4. The van der Waals surface area contributed by atoms with Gasteiger partial charge in [-0.2, -0.15) is 0 Å². The standard InChI is InChI=1S/C16H17ClN2O4S2/c17-13-4-3-5-14(12-13)18-25(22,23)16-8-6-15(7-9-16)19-10-1-2-11-24(19,20)21/h3-9,12,18H,1-2,10-11H2. The van der Waals surface area contributed by atoms with E-state index in [1.54, 1.807) is 18.2 Å². The molecule has 25 heavy (non-hydrogen) atoms. The Morgan fingerprint density at radius 2 is 1.76 bits per heavy atom. The van der Waals surface area contributed by atoms with Crippen LogP contribution >= 0.6 is 11.6 Å². The van der Waals surface area contributed by atoms with Gasteiger partial charge >= 0.3 is 0 Å². The molecule has 134 valence electrons. The summed E-state index contributed by atoms with van der Waals surface area (Å²) in [5.41, 5.74) is 0.830. The van der Waals surface area contributed by atoms with Crippen molar-refractivity contribution in [2.75, 3.05) is 21.3 Å². The van der Waals surface area contributed by atoms with E-state index in [-0.39, 0.29) is 10.6 Å². The molecule has 1 heterocycles. The summed E-state index contributed by atoms with van der Waals surface area (Å²) in [5, 5.41) is 0.422. The topological polar surface area (TPSA) is 83.6 Å².